The molecule has 0 atom stereocenters. The number of nitrogens with zero attached hydrogens (tertiary/aromatic N) is 1. The molecular formula is C12H17N. The molecule has 0 aromatic heterocycles. The van der Waals surface area contributed by atoms with Crippen molar-refractivity contribution in [2.45, 2.75) is 27.2 Å². The molecule has 0 heterocycles. The Morgan fingerprint density at radius 2 is 1.77 bits per heavy atom. The van der Waals surface area contributed by atoms with Crippen LogP contribution in [0.15, 0.2) is 35.3 Å². The minimum absolute atomic E-state index is 0.332. The van der Waals surface area contributed by atoms with E-state index in [0.717, 1.165) is 12.1 Å². The first-order valence-electron chi connectivity index (χ1n) is 4.65. The molecule has 0 saturated carbocycles. The van der Waals surface area contributed by atoms with Crippen molar-refractivity contribution in [1.29, 1.82) is 0 Å². The molecule has 0 spiro atoms. The average Bonchev–Trinajstić information content (AvgIpc) is 2.04. The summed E-state index contributed by atoms with van der Waals surface area (Å²) in [4.78, 5) is 4.37. The fraction of sp³-hybridized carbons (Fsp3) is 0.417. The van der Waals surface area contributed by atoms with Crippen LogP contribution >= 0.6 is 0 Å². The van der Waals surface area contributed by atoms with Crippen molar-refractivity contribution in [1.82, 2.24) is 0 Å². The van der Waals surface area contributed by atoms with E-state index >= 15 is 0 Å². The van der Waals surface area contributed by atoms with E-state index < -0.39 is 0 Å². The molecule has 0 fully saturated rings. The van der Waals surface area contributed by atoms with Gasteiger partial charge in [0.25, 0.3) is 0 Å². The molecule has 0 aliphatic heterocycles. The van der Waals surface area contributed by atoms with Gasteiger partial charge in [-0.1, -0.05) is 39.0 Å². The summed E-state index contributed by atoms with van der Waals surface area (Å²) in [6.45, 7) is 6.64. The van der Waals surface area contributed by atoms with Gasteiger partial charge in [0.05, 0.1) is 5.69 Å². The lowest BCUT2D eigenvalue weighted by Crippen LogP contribution is -2.04. The summed E-state index contributed by atoms with van der Waals surface area (Å²) >= 11 is 0. The van der Waals surface area contributed by atoms with Crippen LogP contribution in [-0.2, 0) is 0 Å². The third-order valence-corrected chi connectivity index (χ3v) is 1.70. The Bertz CT molecular complexity index is 267. The molecule has 0 unspecified atom stereocenters. The van der Waals surface area contributed by atoms with Gasteiger partial charge >= 0.3 is 0 Å². The first-order chi connectivity index (χ1) is 6.08. The highest BCUT2D eigenvalue weighted by Crippen LogP contribution is 2.17. The molecule has 1 nitrogen and oxygen atoms in total. The molecule has 0 aliphatic rings. The van der Waals surface area contributed by atoms with Crippen LogP contribution in [0.3, 0.4) is 0 Å². The molecule has 0 N–H and O–H groups in total. The number of benzene rings is 1. The lowest BCUT2D eigenvalue weighted by Gasteiger charge is -2.13. The maximum Gasteiger partial charge on any atom is 0.0625 e. The van der Waals surface area contributed by atoms with Gasteiger partial charge in [0, 0.05) is 6.21 Å². The Hall–Kier alpha value is -1.11. The van der Waals surface area contributed by atoms with Crippen molar-refractivity contribution in [3.8, 4) is 0 Å². The van der Waals surface area contributed by atoms with Crippen LogP contribution in [0.1, 0.15) is 27.2 Å². The predicted molar refractivity (Wildman–Crippen MR) is 58.7 cm³/mol. The zero-order chi connectivity index (χ0) is 9.73. The summed E-state index contributed by atoms with van der Waals surface area (Å²) in [7, 11) is 0. The van der Waals surface area contributed by atoms with Gasteiger partial charge in [-0.2, -0.15) is 0 Å². The molecule has 0 radical (unpaired) electrons. The molecule has 1 rings (SSSR count). The van der Waals surface area contributed by atoms with E-state index in [0.29, 0.717) is 5.41 Å². The van der Waals surface area contributed by atoms with Gasteiger partial charge in [-0.15, -0.1) is 0 Å². The van der Waals surface area contributed by atoms with Gasteiger partial charge in [0.2, 0.25) is 0 Å². The maximum atomic E-state index is 4.37. The van der Waals surface area contributed by atoms with E-state index in [9.17, 15) is 0 Å². The average molecular weight is 175 g/mol. The number of rotatable bonds is 2. The zero-order valence-corrected chi connectivity index (χ0v) is 8.62. The fourth-order valence-corrected chi connectivity index (χ4v) is 0.939. The van der Waals surface area contributed by atoms with E-state index in [1.165, 1.54) is 0 Å². The normalized spacial score (nSPS) is 12.2. The number of hydrogen-bond donors (Lipinski definition) is 0. The second-order valence-corrected chi connectivity index (χ2v) is 4.41. The Morgan fingerprint density at radius 1 is 1.15 bits per heavy atom. The quantitative estimate of drug-likeness (QED) is 0.606. The maximum absolute atomic E-state index is 4.37. The van der Waals surface area contributed by atoms with E-state index in [1.807, 2.05) is 36.5 Å². The van der Waals surface area contributed by atoms with Gasteiger partial charge < -0.3 is 0 Å². The van der Waals surface area contributed by atoms with Gasteiger partial charge in [0.15, 0.2) is 0 Å². The highest BCUT2D eigenvalue weighted by atomic mass is 14.7. The van der Waals surface area contributed by atoms with Crippen molar-refractivity contribution < 1.29 is 0 Å². The standard InChI is InChI=1S/C12H17N/c1-12(2,3)9-10-13-11-7-5-4-6-8-11/h4-8,10H,9H2,1-3H3/b13-10+. The first-order valence-corrected chi connectivity index (χ1v) is 4.65. The molecule has 1 aromatic carbocycles. The molecule has 1 heteroatoms. The number of para-hydroxylation sites is 1. The van der Waals surface area contributed by atoms with Crippen LogP contribution < -0.4 is 0 Å². The largest absolute Gasteiger partial charge is 0.261 e. The van der Waals surface area contributed by atoms with Crippen molar-refractivity contribution in [3.05, 3.63) is 30.3 Å². The number of aliphatic imine (C=N–C) groups is 1. The Morgan fingerprint density at radius 3 is 2.31 bits per heavy atom. The van der Waals surface area contributed by atoms with Crippen LogP contribution in [0.2, 0.25) is 0 Å². The summed E-state index contributed by atoms with van der Waals surface area (Å²) in [6.07, 6.45) is 3.01. The highest BCUT2D eigenvalue weighted by Gasteiger charge is 2.06. The zero-order valence-electron chi connectivity index (χ0n) is 8.62. The molecular weight excluding hydrogens is 158 g/mol. The molecule has 70 valence electrons. The Balaban J connectivity index is 2.51. The SMILES string of the molecule is CC(C)(C)C/C=N/c1ccccc1. The second kappa shape index (κ2) is 4.22. The summed E-state index contributed by atoms with van der Waals surface area (Å²) in [5.41, 5.74) is 1.37. The molecule has 0 amide bonds. The van der Waals surface area contributed by atoms with Crippen LogP contribution in [0.5, 0.6) is 0 Å². The van der Waals surface area contributed by atoms with Gasteiger partial charge in [-0.05, 0) is 24.0 Å². The summed E-state index contributed by atoms with van der Waals surface area (Å²) in [5.74, 6) is 0. The first kappa shape index (κ1) is 9.97. The number of hydrogen-bond acceptors (Lipinski definition) is 1. The van der Waals surface area contributed by atoms with Crippen molar-refractivity contribution in [3.63, 3.8) is 0 Å². The van der Waals surface area contributed by atoms with Crippen molar-refractivity contribution in [2.75, 3.05) is 0 Å². The smallest absolute Gasteiger partial charge is 0.0625 e. The lowest BCUT2D eigenvalue weighted by atomic mass is 9.93. The topological polar surface area (TPSA) is 12.4 Å². The monoisotopic (exact) mass is 175 g/mol. The molecule has 0 bridgehead atoms. The second-order valence-electron chi connectivity index (χ2n) is 4.41. The van der Waals surface area contributed by atoms with Gasteiger partial charge in [0.1, 0.15) is 0 Å². The third-order valence-electron chi connectivity index (χ3n) is 1.70. The van der Waals surface area contributed by atoms with E-state index in [-0.39, 0.29) is 0 Å². The molecule has 1 aromatic rings. The van der Waals surface area contributed by atoms with E-state index in [2.05, 4.69) is 25.8 Å². The third kappa shape index (κ3) is 4.46. The summed E-state index contributed by atoms with van der Waals surface area (Å²) in [6, 6.07) is 10.0. The van der Waals surface area contributed by atoms with Crippen molar-refractivity contribution >= 4 is 11.9 Å². The molecule has 13 heavy (non-hydrogen) atoms. The fourth-order valence-electron chi connectivity index (χ4n) is 0.939. The van der Waals surface area contributed by atoms with Crippen LogP contribution in [0, 0.1) is 5.41 Å². The minimum Gasteiger partial charge on any atom is -0.261 e. The molecule has 0 aliphatic carbocycles. The van der Waals surface area contributed by atoms with Crippen LogP contribution in [0.4, 0.5) is 5.69 Å². The van der Waals surface area contributed by atoms with E-state index in [1.54, 1.807) is 0 Å². The van der Waals surface area contributed by atoms with Crippen molar-refractivity contribution in [2.24, 2.45) is 10.4 Å². The molecule has 0 saturated heterocycles. The summed E-state index contributed by atoms with van der Waals surface area (Å²) in [5, 5.41) is 0. The highest BCUT2D eigenvalue weighted by molar-refractivity contribution is 5.63. The van der Waals surface area contributed by atoms with Gasteiger partial charge in [-0.25, -0.2) is 0 Å². The summed E-state index contributed by atoms with van der Waals surface area (Å²) < 4.78 is 0. The Kier molecular flexibility index (Phi) is 3.24. The lowest BCUT2D eigenvalue weighted by molar-refractivity contribution is 0.437. The minimum atomic E-state index is 0.332. The van der Waals surface area contributed by atoms with Gasteiger partial charge in [-0.3, -0.25) is 4.99 Å². The van der Waals surface area contributed by atoms with Crippen LogP contribution in [-0.4, -0.2) is 6.21 Å². The van der Waals surface area contributed by atoms with Crippen LogP contribution in [0.25, 0.3) is 0 Å². The Labute approximate surface area is 80.5 Å². The predicted octanol–water partition coefficient (Wildman–Crippen LogP) is 3.83. The van der Waals surface area contributed by atoms with E-state index in [4.69, 9.17) is 0 Å².